The van der Waals surface area contributed by atoms with Crippen molar-refractivity contribution in [3.63, 3.8) is 0 Å². The van der Waals surface area contributed by atoms with Crippen molar-refractivity contribution in [3.8, 4) is 0 Å². The summed E-state index contributed by atoms with van der Waals surface area (Å²) in [6.45, 7) is 8.73. The van der Waals surface area contributed by atoms with Gasteiger partial charge in [0.2, 0.25) is 0 Å². The first-order valence-electron chi connectivity index (χ1n) is 11.2. The molecule has 1 aliphatic carbocycles. The van der Waals surface area contributed by atoms with Gasteiger partial charge in [0.1, 0.15) is 5.69 Å². The molecule has 4 rings (SSSR count). The predicted molar refractivity (Wildman–Crippen MR) is 111 cm³/mol. The zero-order chi connectivity index (χ0) is 21.3. The van der Waals surface area contributed by atoms with Crippen LogP contribution in [0.4, 0.5) is 0 Å². The number of likely N-dealkylation sites (tertiary alicyclic amines) is 1. The predicted octanol–water partition coefficient (Wildman–Crippen LogP) is 1.62. The van der Waals surface area contributed by atoms with Gasteiger partial charge in [-0.15, -0.1) is 0 Å². The Morgan fingerprint density at radius 2 is 2.03 bits per heavy atom. The Kier molecular flexibility index (Phi) is 6.16. The number of amides is 1. The number of carbonyl (C=O) groups is 2. The van der Waals surface area contributed by atoms with Crippen molar-refractivity contribution in [3.05, 3.63) is 17.5 Å². The van der Waals surface area contributed by atoms with Crippen LogP contribution in [0.1, 0.15) is 48.8 Å². The van der Waals surface area contributed by atoms with Crippen LogP contribution in [0.2, 0.25) is 0 Å². The molecule has 0 aromatic carbocycles. The summed E-state index contributed by atoms with van der Waals surface area (Å²) in [6, 6.07) is 2.31. The number of aryl methyl sites for hydroxylation is 2. The second-order valence-electron chi connectivity index (χ2n) is 8.96. The molecule has 8 nitrogen and oxygen atoms in total. The molecular formula is C22H34N4O4. The third-order valence-electron chi connectivity index (χ3n) is 7.23. The Labute approximate surface area is 178 Å². The van der Waals surface area contributed by atoms with Crippen LogP contribution >= 0.6 is 0 Å². The van der Waals surface area contributed by atoms with Crippen molar-refractivity contribution in [2.45, 2.75) is 45.6 Å². The zero-order valence-corrected chi connectivity index (χ0v) is 18.4. The zero-order valence-electron chi connectivity index (χ0n) is 18.4. The van der Waals surface area contributed by atoms with Crippen molar-refractivity contribution in [1.29, 1.82) is 0 Å². The number of nitrogens with zero attached hydrogens (tertiary/aromatic N) is 4. The molecule has 1 amide bonds. The lowest BCUT2D eigenvalue weighted by atomic mass is 9.61. The lowest BCUT2D eigenvalue weighted by molar-refractivity contribution is -0.168. The Morgan fingerprint density at radius 1 is 1.27 bits per heavy atom. The third kappa shape index (κ3) is 3.87. The van der Waals surface area contributed by atoms with Crippen molar-refractivity contribution in [2.75, 3.05) is 46.0 Å². The quantitative estimate of drug-likeness (QED) is 0.692. The number of esters is 1. The Morgan fingerprint density at radius 3 is 2.70 bits per heavy atom. The maximum absolute atomic E-state index is 13.2. The molecule has 0 radical (unpaired) electrons. The number of hydrogen-bond acceptors (Lipinski definition) is 6. The minimum absolute atomic E-state index is 0.0458. The smallest absolute Gasteiger partial charge is 0.314 e. The molecule has 1 aromatic rings. The summed E-state index contributed by atoms with van der Waals surface area (Å²) in [7, 11) is 1.79. The highest BCUT2D eigenvalue weighted by Crippen LogP contribution is 2.48. The fourth-order valence-corrected chi connectivity index (χ4v) is 5.66. The molecule has 3 fully saturated rings. The maximum Gasteiger partial charge on any atom is 0.314 e. The molecule has 0 N–H and O–H groups in total. The van der Waals surface area contributed by atoms with E-state index >= 15 is 0 Å². The van der Waals surface area contributed by atoms with E-state index in [0.717, 1.165) is 57.7 Å². The number of fused-ring (bicyclic) bond motifs is 1. The number of aromatic nitrogens is 2. The average Bonchev–Trinajstić information content (AvgIpc) is 3.11. The molecule has 2 aliphatic heterocycles. The van der Waals surface area contributed by atoms with Gasteiger partial charge in [-0.3, -0.25) is 19.2 Å². The van der Waals surface area contributed by atoms with Gasteiger partial charge in [-0.25, -0.2) is 0 Å². The molecule has 3 atom stereocenters. The molecule has 1 saturated carbocycles. The molecule has 30 heavy (non-hydrogen) atoms. The highest BCUT2D eigenvalue weighted by molar-refractivity contribution is 5.93. The highest BCUT2D eigenvalue weighted by atomic mass is 16.5. The van der Waals surface area contributed by atoms with Crippen molar-refractivity contribution in [1.82, 2.24) is 19.6 Å². The van der Waals surface area contributed by atoms with Crippen LogP contribution in [-0.4, -0.2) is 83.5 Å². The molecule has 3 aliphatic rings. The van der Waals surface area contributed by atoms with Crippen molar-refractivity contribution in [2.24, 2.45) is 18.4 Å². The molecule has 166 valence electrons. The summed E-state index contributed by atoms with van der Waals surface area (Å²) < 4.78 is 12.7. The van der Waals surface area contributed by atoms with E-state index < -0.39 is 5.41 Å². The number of ether oxygens (including phenoxy) is 2. The summed E-state index contributed by atoms with van der Waals surface area (Å²) in [4.78, 5) is 30.8. The van der Waals surface area contributed by atoms with Crippen LogP contribution in [0.5, 0.6) is 0 Å². The van der Waals surface area contributed by atoms with E-state index in [1.54, 1.807) is 11.7 Å². The van der Waals surface area contributed by atoms with Crippen LogP contribution in [0, 0.1) is 18.3 Å². The van der Waals surface area contributed by atoms with Crippen LogP contribution < -0.4 is 0 Å². The summed E-state index contributed by atoms with van der Waals surface area (Å²) in [5, 5.41) is 4.31. The van der Waals surface area contributed by atoms with Gasteiger partial charge in [0, 0.05) is 39.3 Å². The van der Waals surface area contributed by atoms with Crippen LogP contribution in [0.25, 0.3) is 0 Å². The first-order valence-corrected chi connectivity index (χ1v) is 11.2. The Hall–Kier alpha value is -1.93. The minimum Gasteiger partial charge on any atom is -0.466 e. The molecule has 8 heteroatoms. The van der Waals surface area contributed by atoms with Gasteiger partial charge in [0.25, 0.3) is 5.91 Å². The number of morpholine rings is 1. The average molecular weight is 419 g/mol. The number of hydrogen-bond donors (Lipinski definition) is 0. The van der Waals surface area contributed by atoms with E-state index in [9.17, 15) is 9.59 Å². The fourth-order valence-electron chi connectivity index (χ4n) is 5.66. The lowest BCUT2D eigenvalue weighted by Crippen LogP contribution is -2.59. The third-order valence-corrected chi connectivity index (χ3v) is 7.23. The lowest BCUT2D eigenvalue weighted by Gasteiger charge is -2.52. The van der Waals surface area contributed by atoms with Crippen LogP contribution in [0.3, 0.4) is 0 Å². The SMILES string of the molecule is CCOC(=O)[C@@]12CC[C@@H](N3CCOCC3)C[C@H]1CCN(C(=O)c1cc(C)nn1C)C2. The van der Waals surface area contributed by atoms with E-state index in [-0.39, 0.29) is 17.8 Å². The largest absolute Gasteiger partial charge is 0.466 e. The molecular weight excluding hydrogens is 384 g/mol. The Balaban J connectivity index is 1.54. The second kappa shape index (κ2) is 8.67. The van der Waals surface area contributed by atoms with E-state index in [1.807, 2.05) is 24.8 Å². The molecule has 0 bridgehead atoms. The molecule has 0 unspecified atom stereocenters. The topological polar surface area (TPSA) is 76.9 Å². The van der Waals surface area contributed by atoms with Crippen LogP contribution in [0.15, 0.2) is 6.07 Å². The van der Waals surface area contributed by atoms with Gasteiger partial charge >= 0.3 is 5.97 Å². The van der Waals surface area contributed by atoms with E-state index in [2.05, 4.69) is 10.00 Å². The van der Waals surface area contributed by atoms with Crippen molar-refractivity contribution < 1.29 is 19.1 Å². The van der Waals surface area contributed by atoms with Crippen LogP contribution in [-0.2, 0) is 21.3 Å². The second-order valence-corrected chi connectivity index (χ2v) is 8.96. The standard InChI is InChI=1S/C22H34N4O4/c1-4-30-21(28)22-7-5-18(25-9-11-29-12-10-25)14-17(22)6-8-26(15-22)20(27)19-13-16(2)23-24(19)3/h13,17-18H,4-12,14-15H2,1-3H3/t17-,18-,22-/m1/s1. The number of rotatable bonds is 4. The summed E-state index contributed by atoms with van der Waals surface area (Å²) >= 11 is 0. The number of carbonyl (C=O) groups excluding carboxylic acids is 2. The normalized spacial score (nSPS) is 30.0. The summed E-state index contributed by atoms with van der Waals surface area (Å²) in [6.07, 6.45) is 3.56. The maximum atomic E-state index is 13.2. The minimum atomic E-state index is -0.597. The molecule has 0 spiro atoms. The van der Waals surface area contributed by atoms with Gasteiger partial charge in [0.15, 0.2) is 0 Å². The molecule has 2 saturated heterocycles. The first kappa shape index (κ1) is 21.3. The van der Waals surface area contributed by atoms with E-state index in [1.165, 1.54) is 0 Å². The summed E-state index contributed by atoms with van der Waals surface area (Å²) in [5.41, 5.74) is 0.800. The van der Waals surface area contributed by atoms with E-state index in [0.29, 0.717) is 31.4 Å². The van der Waals surface area contributed by atoms with Gasteiger partial charge in [0.05, 0.1) is 30.9 Å². The highest BCUT2D eigenvalue weighted by Gasteiger charge is 2.54. The van der Waals surface area contributed by atoms with Crippen molar-refractivity contribution >= 4 is 11.9 Å². The monoisotopic (exact) mass is 418 g/mol. The number of piperidine rings is 1. The molecule has 3 heterocycles. The van der Waals surface area contributed by atoms with Gasteiger partial charge in [-0.1, -0.05) is 0 Å². The van der Waals surface area contributed by atoms with Gasteiger partial charge in [-0.2, -0.15) is 5.10 Å². The van der Waals surface area contributed by atoms with Gasteiger partial charge in [-0.05, 0) is 51.5 Å². The van der Waals surface area contributed by atoms with E-state index in [4.69, 9.17) is 9.47 Å². The molecule has 1 aromatic heterocycles. The first-order chi connectivity index (χ1) is 14.4. The Bertz CT molecular complexity index is 788. The van der Waals surface area contributed by atoms with Gasteiger partial charge < -0.3 is 14.4 Å². The summed E-state index contributed by atoms with van der Waals surface area (Å²) in [5.74, 6) is 0.0695. The fraction of sp³-hybridized carbons (Fsp3) is 0.773.